The molecule has 0 spiro atoms. The first-order chi connectivity index (χ1) is 11.8. The molecular formula is C18H27N3O4. The maximum absolute atomic E-state index is 11.8. The van der Waals surface area contributed by atoms with Crippen LogP contribution in [0.5, 0.6) is 0 Å². The average molecular weight is 349 g/mol. The van der Waals surface area contributed by atoms with Crippen molar-refractivity contribution >= 4 is 17.9 Å². The lowest BCUT2D eigenvalue weighted by Crippen LogP contribution is -2.35. The van der Waals surface area contributed by atoms with E-state index < -0.39 is 11.7 Å². The normalized spacial score (nSPS) is 10.7. The second-order valence-electron chi connectivity index (χ2n) is 6.50. The number of hydrogen-bond donors (Lipinski definition) is 3. The van der Waals surface area contributed by atoms with Crippen molar-refractivity contribution in [3.05, 3.63) is 35.9 Å². The molecule has 0 aliphatic carbocycles. The molecule has 3 N–H and O–H groups in total. The quantitative estimate of drug-likeness (QED) is 0.624. The van der Waals surface area contributed by atoms with Gasteiger partial charge in [0.1, 0.15) is 5.60 Å². The lowest BCUT2D eigenvalue weighted by Gasteiger charge is -2.19. The molecule has 3 amide bonds. The summed E-state index contributed by atoms with van der Waals surface area (Å²) in [7, 11) is 0. The second kappa shape index (κ2) is 10.3. The van der Waals surface area contributed by atoms with Gasteiger partial charge in [-0.05, 0) is 39.3 Å². The van der Waals surface area contributed by atoms with Gasteiger partial charge in [0.25, 0.3) is 5.91 Å². The van der Waals surface area contributed by atoms with Crippen LogP contribution in [0.3, 0.4) is 0 Å². The number of carbonyl (C=O) groups excluding carboxylic acids is 3. The molecule has 0 aliphatic rings. The monoisotopic (exact) mass is 349 g/mol. The number of benzene rings is 1. The number of alkyl carbamates (subject to hydrolysis) is 1. The highest BCUT2D eigenvalue weighted by molar-refractivity contribution is 5.94. The summed E-state index contributed by atoms with van der Waals surface area (Å²) in [6.07, 6.45) is 0.267. The summed E-state index contributed by atoms with van der Waals surface area (Å²) in [4.78, 5) is 34.8. The second-order valence-corrected chi connectivity index (χ2v) is 6.50. The summed E-state index contributed by atoms with van der Waals surface area (Å²) in [6, 6.07) is 8.95. The molecule has 1 rings (SSSR count). The standard InChI is InChI=1S/C18H27N3O4/c1-18(2,3)25-17(24)21-13-10-15(22)19-11-7-12-20-16(23)14-8-5-4-6-9-14/h4-6,8-9H,7,10-13H2,1-3H3,(H,19,22)(H,20,23)(H,21,24). The first-order valence-electron chi connectivity index (χ1n) is 8.35. The molecule has 25 heavy (non-hydrogen) atoms. The van der Waals surface area contributed by atoms with E-state index in [1.54, 1.807) is 45.0 Å². The van der Waals surface area contributed by atoms with Crippen LogP contribution in [-0.4, -0.2) is 43.1 Å². The third kappa shape index (κ3) is 10.0. The van der Waals surface area contributed by atoms with Gasteiger partial charge in [-0.2, -0.15) is 0 Å². The first kappa shape index (κ1) is 20.5. The first-order valence-corrected chi connectivity index (χ1v) is 8.35. The number of rotatable bonds is 8. The molecule has 0 fully saturated rings. The lowest BCUT2D eigenvalue weighted by atomic mass is 10.2. The van der Waals surface area contributed by atoms with Crippen LogP contribution in [0.15, 0.2) is 30.3 Å². The van der Waals surface area contributed by atoms with Gasteiger partial charge in [-0.1, -0.05) is 18.2 Å². The largest absolute Gasteiger partial charge is 0.444 e. The molecule has 1 aromatic rings. The van der Waals surface area contributed by atoms with Gasteiger partial charge in [0.15, 0.2) is 0 Å². The summed E-state index contributed by atoms with van der Waals surface area (Å²) >= 11 is 0. The molecule has 138 valence electrons. The molecule has 0 atom stereocenters. The molecule has 0 aromatic heterocycles. The van der Waals surface area contributed by atoms with Crippen molar-refractivity contribution in [1.82, 2.24) is 16.0 Å². The fourth-order valence-electron chi connectivity index (χ4n) is 1.89. The van der Waals surface area contributed by atoms with Crippen LogP contribution >= 0.6 is 0 Å². The Hall–Kier alpha value is -2.57. The highest BCUT2D eigenvalue weighted by atomic mass is 16.6. The van der Waals surface area contributed by atoms with Crippen molar-refractivity contribution in [2.45, 2.75) is 39.2 Å². The van der Waals surface area contributed by atoms with Crippen LogP contribution in [-0.2, 0) is 9.53 Å². The zero-order valence-electron chi connectivity index (χ0n) is 15.1. The molecular weight excluding hydrogens is 322 g/mol. The van der Waals surface area contributed by atoms with E-state index in [0.29, 0.717) is 25.1 Å². The topological polar surface area (TPSA) is 96.5 Å². The van der Waals surface area contributed by atoms with E-state index in [9.17, 15) is 14.4 Å². The maximum atomic E-state index is 11.8. The highest BCUT2D eigenvalue weighted by Gasteiger charge is 2.15. The summed E-state index contributed by atoms with van der Waals surface area (Å²) < 4.78 is 5.07. The predicted octanol–water partition coefficient (Wildman–Crippen LogP) is 1.84. The van der Waals surface area contributed by atoms with Gasteiger partial charge in [0.2, 0.25) is 5.91 Å². The van der Waals surface area contributed by atoms with Crippen LogP contribution in [0.1, 0.15) is 44.0 Å². The van der Waals surface area contributed by atoms with Crippen molar-refractivity contribution in [2.24, 2.45) is 0 Å². The van der Waals surface area contributed by atoms with Gasteiger partial charge in [-0.3, -0.25) is 9.59 Å². The minimum absolute atomic E-state index is 0.131. The molecule has 0 saturated heterocycles. The summed E-state index contributed by atoms with van der Waals surface area (Å²) in [5, 5.41) is 8.05. The Morgan fingerprint density at radius 1 is 0.920 bits per heavy atom. The van der Waals surface area contributed by atoms with Gasteiger partial charge in [0.05, 0.1) is 0 Å². The maximum Gasteiger partial charge on any atom is 0.407 e. The SMILES string of the molecule is CC(C)(C)OC(=O)NCCC(=O)NCCCNC(=O)c1ccccc1. The van der Waals surface area contributed by atoms with Crippen molar-refractivity contribution in [1.29, 1.82) is 0 Å². The van der Waals surface area contributed by atoms with Gasteiger partial charge in [0, 0.05) is 31.6 Å². The smallest absolute Gasteiger partial charge is 0.407 e. The zero-order chi connectivity index (χ0) is 18.7. The van der Waals surface area contributed by atoms with Gasteiger partial charge in [-0.15, -0.1) is 0 Å². The van der Waals surface area contributed by atoms with Crippen LogP contribution in [0.4, 0.5) is 4.79 Å². The molecule has 0 radical (unpaired) electrons. The average Bonchev–Trinajstić information content (AvgIpc) is 2.53. The van der Waals surface area contributed by atoms with E-state index >= 15 is 0 Å². The van der Waals surface area contributed by atoms with Crippen molar-refractivity contribution < 1.29 is 19.1 Å². The van der Waals surface area contributed by atoms with Crippen LogP contribution in [0.25, 0.3) is 0 Å². The Balaban J connectivity index is 2.05. The number of carbonyl (C=O) groups is 3. The number of ether oxygens (including phenoxy) is 1. The van der Waals surface area contributed by atoms with Gasteiger partial charge < -0.3 is 20.7 Å². The summed E-state index contributed by atoms with van der Waals surface area (Å²) in [5.41, 5.74) is 0.0519. The van der Waals surface area contributed by atoms with E-state index in [4.69, 9.17) is 4.74 Å². The highest BCUT2D eigenvalue weighted by Crippen LogP contribution is 2.06. The fraction of sp³-hybridized carbons (Fsp3) is 0.500. The van der Waals surface area contributed by atoms with Gasteiger partial charge in [-0.25, -0.2) is 4.79 Å². The van der Waals surface area contributed by atoms with Crippen LogP contribution in [0.2, 0.25) is 0 Å². The predicted molar refractivity (Wildman–Crippen MR) is 95.3 cm³/mol. The molecule has 0 bridgehead atoms. The van der Waals surface area contributed by atoms with E-state index in [1.165, 1.54) is 0 Å². The summed E-state index contributed by atoms with van der Waals surface area (Å²) in [6.45, 7) is 6.47. The van der Waals surface area contributed by atoms with Crippen molar-refractivity contribution in [3.63, 3.8) is 0 Å². The van der Waals surface area contributed by atoms with E-state index in [-0.39, 0.29) is 24.8 Å². The Labute approximate surface area is 148 Å². The van der Waals surface area contributed by atoms with Crippen molar-refractivity contribution in [2.75, 3.05) is 19.6 Å². The molecule has 0 aliphatic heterocycles. The van der Waals surface area contributed by atoms with E-state index in [0.717, 1.165) is 0 Å². The van der Waals surface area contributed by atoms with Crippen molar-refractivity contribution in [3.8, 4) is 0 Å². The molecule has 1 aromatic carbocycles. The minimum Gasteiger partial charge on any atom is -0.444 e. The Bertz CT molecular complexity index is 567. The minimum atomic E-state index is -0.559. The molecule has 0 unspecified atom stereocenters. The van der Waals surface area contributed by atoms with Gasteiger partial charge >= 0.3 is 6.09 Å². The molecule has 0 heterocycles. The number of amides is 3. The fourth-order valence-corrected chi connectivity index (χ4v) is 1.89. The lowest BCUT2D eigenvalue weighted by molar-refractivity contribution is -0.120. The van der Waals surface area contributed by atoms with Crippen LogP contribution < -0.4 is 16.0 Å². The third-order valence-corrected chi connectivity index (χ3v) is 3.02. The summed E-state index contributed by atoms with van der Waals surface area (Å²) in [5.74, 6) is -0.293. The van der Waals surface area contributed by atoms with E-state index in [1.807, 2.05) is 6.07 Å². The Kier molecular flexibility index (Phi) is 8.46. The number of hydrogen-bond acceptors (Lipinski definition) is 4. The molecule has 0 saturated carbocycles. The Morgan fingerprint density at radius 3 is 2.20 bits per heavy atom. The van der Waals surface area contributed by atoms with Crippen LogP contribution in [0, 0.1) is 0 Å². The zero-order valence-corrected chi connectivity index (χ0v) is 15.1. The molecule has 7 heteroatoms. The molecule has 7 nitrogen and oxygen atoms in total. The third-order valence-electron chi connectivity index (χ3n) is 3.02. The van der Waals surface area contributed by atoms with E-state index in [2.05, 4.69) is 16.0 Å². The number of nitrogens with one attached hydrogen (secondary N) is 3. The Morgan fingerprint density at radius 2 is 1.56 bits per heavy atom.